The van der Waals surface area contributed by atoms with Gasteiger partial charge in [-0.05, 0) is 74.7 Å². The molecule has 1 amide bonds. The van der Waals surface area contributed by atoms with Crippen molar-refractivity contribution >= 4 is 27.2 Å². The summed E-state index contributed by atoms with van der Waals surface area (Å²) in [5.41, 5.74) is 1.74. The molecule has 0 saturated heterocycles. The highest BCUT2D eigenvalue weighted by Gasteiger charge is 2.24. The van der Waals surface area contributed by atoms with E-state index in [0.29, 0.717) is 27.9 Å². The average molecular weight is 492 g/mol. The topological polar surface area (TPSA) is 99.1 Å². The molecule has 3 rings (SSSR count). The molecule has 8 heteroatoms. The highest BCUT2D eigenvalue weighted by Crippen LogP contribution is 2.29. The van der Waals surface area contributed by atoms with Crippen molar-refractivity contribution in [3.8, 4) is 17.2 Å². The van der Waals surface area contributed by atoms with Crippen LogP contribution in [0.5, 0.6) is 0 Å². The van der Waals surface area contributed by atoms with Crippen molar-refractivity contribution in [3.63, 3.8) is 0 Å². The maximum Gasteiger partial charge on any atom is 0.284 e. The molecule has 6 nitrogen and oxygen atoms in total. The number of carbonyl (C=O) groups is 1. The Morgan fingerprint density at radius 2 is 1.63 bits per heavy atom. The van der Waals surface area contributed by atoms with Gasteiger partial charge in [-0.25, -0.2) is 17.5 Å². The fourth-order valence-corrected chi connectivity index (χ4v) is 5.08. The standard InChI is InChI=1S/C27H26FN3O3S/c1-18(21-9-7-8-19(16-21)17-29)25(28)26(32)30-22-14-12-20(13-15-22)23-10-5-6-11-24(23)35(33,34)31-27(2,3)4/h5-16,31H,1-4H3,(H,30,32). The second kappa shape index (κ2) is 10.2. The van der Waals surface area contributed by atoms with Crippen molar-refractivity contribution in [2.45, 2.75) is 38.1 Å². The quantitative estimate of drug-likeness (QED) is 0.436. The number of sulfonamides is 1. The van der Waals surface area contributed by atoms with E-state index in [-0.39, 0.29) is 10.5 Å². The van der Waals surface area contributed by atoms with Crippen LogP contribution in [0.1, 0.15) is 38.8 Å². The van der Waals surface area contributed by atoms with E-state index in [1.165, 1.54) is 19.1 Å². The highest BCUT2D eigenvalue weighted by molar-refractivity contribution is 7.89. The molecular weight excluding hydrogens is 465 g/mol. The summed E-state index contributed by atoms with van der Waals surface area (Å²) in [6.07, 6.45) is 0. The van der Waals surface area contributed by atoms with Gasteiger partial charge in [0.1, 0.15) is 0 Å². The number of nitriles is 1. The third-order valence-corrected chi connectivity index (χ3v) is 6.84. The zero-order valence-corrected chi connectivity index (χ0v) is 20.7. The molecule has 0 atom stereocenters. The fourth-order valence-electron chi connectivity index (χ4n) is 3.44. The number of hydrogen-bond donors (Lipinski definition) is 2. The third-order valence-electron chi connectivity index (χ3n) is 5.02. The summed E-state index contributed by atoms with van der Waals surface area (Å²) in [6.45, 7) is 6.76. The number of hydrogen-bond acceptors (Lipinski definition) is 4. The molecule has 0 aliphatic heterocycles. The first-order valence-electron chi connectivity index (χ1n) is 10.8. The van der Waals surface area contributed by atoms with Crippen molar-refractivity contribution in [3.05, 3.63) is 89.8 Å². The van der Waals surface area contributed by atoms with Crippen molar-refractivity contribution in [2.24, 2.45) is 0 Å². The average Bonchev–Trinajstić information content (AvgIpc) is 2.82. The Balaban J connectivity index is 1.84. The molecule has 0 aromatic heterocycles. The number of benzene rings is 3. The van der Waals surface area contributed by atoms with Crippen molar-refractivity contribution in [2.75, 3.05) is 5.32 Å². The smallest absolute Gasteiger partial charge is 0.284 e. The minimum Gasteiger partial charge on any atom is -0.320 e. The monoisotopic (exact) mass is 491 g/mol. The molecule has 0 spiro atoms. The molecular formula is C27H26FN3O3S. The number of amides is 1. The van der Waals surface area contributed by atoms with E-state index < -0.39 is 27.3 Å². The summed E-state index contributed by atoms with van der Waals surface area (Å²) < 4.78 is 43.3. The molecule has 2 N–H and O–H groups in total. The molecule has 3 aromatic rings. The van der Waals surface area contributed by atoms with Gasteiger partial charge in [0.2, 0.25) is 10.0 Å². The number of nitrogens with zero attached hydrogens (tertiary/aromatic N) is 1. The van der Waals surface area contributed by atoms with Crippen LogP contribution < -0.4 is 10.0 Å². The molecule has 0 aliphatic carbocycles. The normalized spacial score (nSPS) is 12.5. The second-order valence-electron chi connectivity index (χ2n) is 9.01. The van der Waals surface area contributed by atoms with Gasteiger partial charge >= 0.3 is 0 Å². The number of anilines is 1. The lowest BCUT2D eigenvalue weighted by molar-refractivity contribution is -0.114. The first kappa shape index (κ1) is 25.8. The fraction of sp³-hybridized carbons (Fsp3) is 0.185. The van der Waals surface area contributed by atoms with Crippen LogP contribution in [0, 0.1) is 11.3 Å². The van der Waals surface area contributed by atoms with Crippen LogP contribution in [-0.4, -0.2) is 19.9 Å². The lowest BCUT2D eigenvalue weighted by Crippen LogP contribution is -2.40. The second-order valence-corrected chi connectivity index (χ2v) is 10.7. The third kappa shape index (κ3) is 6.41. The number of halogens is 1. The summed E-state index contributed by atoms with van der Waals surface area (Å²) in [4.78, 5) is 12.6. The van der Waals surface area contributed by atoms with Gasteiger partial charge in [0, 0.05) is 16.8 Å². The van der Waals surface area contributed by atoms with Crippen LogP contribution >= 0.6 is 0 Å². The molecule has 0 radical (unpaired) electrons. The lowest BCUT2D eigenvalue weighted by atomic mass is 10.0. The van der Waals surface area contributed by atoms with Gasteiger partial charge < -0.3 is 5.32 Å². The zero-order chi connectivity index (χ0) is 25.8. The molecule has 0 fully saturated rings. The maximum absolute atomic E-state index is 14.8. The van der Waals surface area contributed by atoms with E-state index in [1.54, 1.807) is 81.4 Å². The van der Waals surface area contributed by atoms with E-state index in [9.17, 15) is 17.6 Å². The number of allylic oxidation sites excluding steroid dienone is 1. The molecule has 0 saturated carbocycles. The minimum atomic E-state index is -3.77. The molecule has 35 heavy (non-hydrogen) atoms. The van der Waals surface area contributed by atoms with E-state index in [4.69, 9.17) is 5.26 Å². The van der Waals surface area contributed by atoms with Crippen molar-refractivity contribution in [1.82, 2.24) is 4.72 Å². The number of carbonyl (C=O) groups excluding carboxylic acids is 1. The summed E-state index contributed by atoms with van der Waals surface area (Å²) in [5.74, 6) is -1.89. The van der Waals surface area contributed by atoms with E-state index in [0.717, 1.165) is 0 Å². The van der Waals surface area contributed by atoms with E-state index in [1.807, 2.05) is 6.07 Å². The van der Waals surface area contributed by atoms with Crippen LogP contribution in [0.25, 0.3) is 16.7 Å². The first-order valence-corrected chi connectivity index (χ1v) is 12.3. The van der Waals surface area contributed by atoms with Crippen LogP contribution in [0.3, 0.4) is 0 Å². The molecule has 180 valence electrons. The van der Waals surface area contributed by atoms with Gasteiger partial charge in [0.25, 0.3) is 5.91 Å². The first-order chi connectivity index (χ1) is 16.4. The van der Waals surface area contributed by atoms with Gasteiger partial charge in [-0.2, -0.15) is 5.26 Å². The lowest BCUT2D eigenvalue weighted by Gasteiger charge is -2.21. The van der Waals surface area contributed by atoms with Crippen LogP contribution in [0.4, 0.5) is 10.1 Å². The highest BCUT2D eigenvalue weighted by atomic mass is 32.2. The van der Waals surface area contributed by atoms with E-state index in [2.05, 4.69) is 10.0 Å². The molecule has 3 aromatic carbocycles. The predicted octanol–water partition coefficient (Wildman–Crippen LogP) is 5.64. The summed E-state index contributed by atoms with van der Waals surface area (Å²) in [7, 11) is -3.77. The Kier molecular flexibility index (Phi) is 7.54. The number of rotatable bonds is 6. The Hall–Kier alpha value is -3.80. The van der Waals surface area contributed by atoms with Gasteiger partial charge in [-0.3, -0.25) is 4.79 Å². The number of nitrogens with one attached hydrogen (secondary N) is 2. The Labute approximate surface area is 205 Å². The zero-order valence-electron chi connectivity index (χ0n) is 19.9. The van der Waals surface area contributed by atoms with Crippen LogP contribution in [-0.2, 0) is 14.8 Å². The molecule has 0 unspecified atom stereocenters. The Morgan fingerprint density at radius 1 is 0.971 bits per heavy atom. The van der Waals surface area contributed by atoms with Gasteiger partial charge in [-0.1, -0.05) is 42.5 Å². The van der Waals surface area contributed by atoms with E-state index >= 15 is 0 Å². The molecule has 0 aliphatic rings. The van der Waals surface area contributed by atoms with Gasteiger partial charge in [0.05, 0.1) is 16.5 Å². The van der Waals surface area contributed by atoms with Crippen LogP contribution in [0.15, 0.2) is 83.5 Å². The molecule has 0 heterocycles. The van der Waals surface area contributed by atoms with Gasteiger partial charge in [-0.15, -0.1) is 0 Å². The summed E-state index contributed by atoms with van der Waals surface area (Å²) in [5, 5.41) is 11.5. The summed E-state index contributed by atoms with van der Waals surface area (Å²) in [6, 6.07) is 21.4. The predicted molar refractivity (Wildman–Crippen MR) is 135 cm³/mol. The largest absolute Gasteiger partial charge is 0.320 e. The summed E-state index contributed by atoms with van der Waals surface area (Å²) >= 11 is 0. The van der Waals surface area contributed by atoms with Crippen molar-refractivity contribution < 1.29 is 17.6 Å². The maximum atomic E-state index is 14.8. The van der Waals surface area contributed by atoms with Crippen LogP contribution in [0.2, 0.25) is 0 Å². The van der Waals surface area contributed by atoms with Gasteiger partial charge in [0.15, 0.2) is 5.83 Å². The molecule has 0 bridgehead atoms. The SMILES string of the molecule is CC(=C(F)C(=O)Nc1ccc(-c2ccccc2S(=O)(=O)NC(C)(C)C)cc1)c1cccc(C#N)c1. The Morgan fingerprint density at radius 3 is 2.26 bits per heavy atom. The Bertz CT molecular complexity index is 1430. The minimum absolute atomic E-state index is 0.113. The van der Waals surface area contributed by atoms with Crippen molar-refractivity contribution in [1.29, 1.82) is 5.26 Å².